The Bertz CT molecular complexity index is 1400. The Hall–Kier alpha value is -4.01. The average Bonchev–Trinajstić information content (AvgIpc) is 3.21. The summed E-state index contributed by atoms with van der Waals surface area (Å²) in [6, 6.07) is 9.30. The van der Waals surface area contributed by atoms with E-state index in [4.69, 9.17) is 4.74 Å². The van der Waals surface area contributed by atoms with Gasteiger partial charge in [-0.2, -0.15) is 0 Å². The van der Waals surface area contributed by atoms with Crippen molar-refractivity contribution < 1.29 is 23.1 Å². The van der Waals surface area contributed by atoms with Crippen LogP contribution in [0.1, 0.15) is 33.8 Å². The number of H-pyrrole nitrogens is 1. The van der Waals surface area contributed by atoms with E-state index >= 15 is 4.39 Å². The summed E-state index contributed by atoms with van der Waals surface area (Å²) in [5.74, 6) is -1.55. The van der Waals surface area contributed by atoms with E-state index in [-0.39, 0.29) is 29.6 Å². The lowest BCUT2D eigenvalue weighted by atomic mass is 9.96. The molecular formula is C24H21F2N3O4. The average molecular weight is 453 g/mol. The molecule has 0 fully saturated rings. The summed E-state index contributed by atoms with van der Waals surface area (Å²) in [5, 5.41) is 13.8. The highest BCUT2D eigenvalue weighted by Gasteiger charge is 2.18. The van der Waals surface area contributed by atoms with Gasteiger partial charge in [0, 0.05) is 17.7 Å². The molecule has 0 saturated carbocycles. The van der Waals surface area contributed by atoms with E-state index in [0.29, 0.717) is 28.8 Å². The molecule has 7 nitrogen and oxygen atoms in total. The second-order valence-corrected chi connectivity index (χ2v) is 7.70. The minimum atomic E-state index is -0.717. The second-order valence-electron chi connectivity index (χ2n) is 7.70. The third-order valence-electron chi connectivity index (χ3n) is 5.48. The number of hydrogen-bond donors (Lipinski definition) is 2. The van der Waals surface area contributed by atoms with Crippen molar-refractivity contribution in [1.82, 2.24) is 15.1 Å². The van der Waals surface area contributed by atoms with Crippen LogP contribution in [0.3, 0.4) is 0 Å². The van der Waals surface area contributed by atoms with Gasteiger partial charge in [-0.15, -0.1) is 0 Å². The van der Waals surface area contributed by atoms with Crippen LogP contribution in [0.25, 0.3) is 11.3 Å². The maximum atomic E-state index is 15.0. The number of hydrogen-bond acceptors (Lipinski definition) is 6. The van der Waals surface area contributed by atoms with Gasteiger partial charge in [-0.1, -0.05) is 17.3 Å². The SMILES string of the molecule is Cc1cc(OCc2noc(=O)[nH]2)c(F)c(C)c1Cc1ccc(O)c(-c2cccc(F)c2C)n1. The maximum Gasteiger partial charge on any atom is 0.439 e. The molecule has 2 heterocycles. The lowest BCUT2D eigenvalue weighted by Crippen LogP contribution is -2.06. The van der Waals surface area contributed by atoms with Crippen LogP contribution >= 0.6 is 0 Å². The van der Waals surface area contributed by atoms with Crippen LogP contribution in [0.4, 0.5) is 8.78 Å². The molecule has 0 amide bonds. The molecular weight excluding hydrogens is 432 g/mol. The quantitative estimate of drug-likeness (QED) is 0.446. The summed E-state index contributed by atoms with van der Waals surface area (Å²) in [5.41, 5.74) is 3.60. The van der Waals surface area contributed by atoms with Gasteiger partial charge in [-0.05, 0) is 67.3 Å². The van der Waals surface area contributed by atoms with Crippen molar-refractivity contribution in [2.45, 2.75) is 33.8 Å². The summed E-state index contributed by atoms with van der Waals surface area (Å²) < 4.78 is 38.9. The predicted octanol–water partition coefficient (Wildman–Crippen LogP) is 4.50. The first-order valence-electron chi connectivity index (χ1n) is 10.1. The van der Waals surface area contributed by atoms with Crippen LogP contribution in [-0.2, 0) is 13.0 Å². The fourth-order valence-corrected chi connectivity index (χ4v) is 3.64. The molecule has 0 unspecified atom stereocenters. The Morgan fingerprint density at radius 1 is 1.12 bits per heavy atom. The molecule has 170 valence electrons. The zero-order chi connectivity index (χ0) is 23.7. The third kappa shape index (κ3) is 4.48. The lowest BCUT2D eigenvalue weighted by molar-refractivity contribution is 0.271. The molecule has 2 aromatic heterocycles. The molecule has 0 aliphatic rings. The molecule has 0 bridgehead atoms. The zero-order valence-corrected chi connectivity index (χ0v) is 18.2. The van der Waals surface area contributed by atoms with Crippen molar-refractivity contribution in [1.29, 1.82) is 0 Å². The Labute approximate surface area is 187 Å². The van der Waals surface area contributed by atoms with Gasteiger partial charge >= 0.3 is 5.76 Å². The Kier molecular flexibility index (Phi) is 5.95. The van der Waals surface area contributed by atoms with E-state index in [1.807, 2.05) is 6.92 Å². The van der Waals surface area contributed by atoms with Gasteiger partial charge in [0.2, 0.25) is 0 Å². The van der Waals surface area contributed by atoms with Crippen LogP contribution < -0.4 is 10.5 Å². The molecule has 0 spiro atoms. The van der Waals surface area contributed by atoms with E-state index in [1.165, 1.54) is 12.1 Å². The van der Waals surface area contributed by atoms with Crippen LogP contribution in [0, 0.1) is 32.4 Å². The first-order chi connectivity index (χ1) is 15.7. The second kappa shape index (κ2) is 8.85. The van der Waals surface area contributed by atoms with Crippen molar-refractivity contribution in [3.63, 3.8) is 0 Å². The monoisotopic (exact) mass is 453 g/mol. The minimum Gasteiger partial charge on any atom is -0.506 e. The highest BCUT2D eigenvalue weighted by atomic mass is 19.1. The number of aromatic amines is 1. The Morgan fingerprint density at radius 2 is 1.91 bits per heavy atom. The number of halogens is 2. The fraction of sp³-hybridized carbons (Fsp3) is 0.208. The van der Waals surface area contributed by atoms with E-state index in [1.54, 1.807) is 38.1 Å². The Morgan fingerprint density at radius 3 is 2.64 bits per heavy atom. The van der Waals surface area contributed by atoms with Gasteiger partial charge in [0.15, 0.2) is 17.4 Å². The molecule has 0 atom stereocenters. The number of ether oxygens (including phenoxy) is 1. The van der Waals surface area contributed by atoms with E-state index in [9.17, 15) is 14.3 Å². The molecule has 0 aliphatic carbocycles. The van der Waals surface area contributed by atoms with Crippen LogP contribution in [0.5, 0.6) is 11.5 Å². The number of aromatic hydroxyl groups is 1. The number of pyridine rings is 1. The van der Waals surface area contributed by atoms with Crippen LogP contribution in [0.2, 0.25) is 0 Å². The Balaban J connectivity index is 1.63. The highest BCUT2D eigenvalue weighted by molar-refractivity contribution is 5.69. The topological polar surface area (TPSA) is 101 Å². The van der Waals surface area contributed by atoms with E-state index in [0.717, 1.165) is 11.1 Å². The number of nitrogens with one attached hydrogen (secondary N) is 1. The molecule has 33 heavy (non-hydrogen) atoms. The first kappa shape index (κ1) is 22.2. The highest BCUT2D eigenvalue weighted by Crippen LogP contribution is 2.33. The van der Waals surface area contributed by atoms with Gasteiger partial charge in [-0.25, -0.2) is 18.6 Å². The molecule has 9 heteroatoms. The van der Waals surface area contributed by atoms with Crippen LogP contribution in [0.15, 0.2) is 45.7 Å². The lowest BCUT2D eigenvalue weighted by Gasteiger charge is -2.15. The summed E-state index contributed by atoms with van der Waals surface area (Å²) in [7, 11) is 0. The van der Waals surface area contributed by atoms with E-state index in [2.05, 4.69) is 19.6 Å². The summed E-state index contributed by atoms with van der Waals surface area (Å²) in [4.78, 5) is 17.9. The largest absolute Gasteiger partial charge is 0.506 e. The number of aromatic nitrogens is 3. The number of benzene rings is 2. The van der Waals surface area contributed by atoms with Gasteiger partial charge < -0.3 is 9.84 Å². The smallest absolute Gasteiger partial charge is 0.439 e. The molecule has 4 rings (SSSR count). The maximum absolute atomic E-state index is 15.0. The van der Waals surface area contributed by atoms with Crippen molar-refractivity contribution in [2.75, 3.05) is 0 Å². The molecule has 0 saturated heterocycles. The van der Waals surface area contributed by atoms with Crippen molar-refractivity contribution in [2.24, 2.45) is 0 Å². The van der Waals surface area contributed by atoms with Gasteiger partial charge in [-0.3, -0.25) is 9.51 Å². The van der Waals surface area contributed by atoms with Gasteiger partial charge in [0.1, 0.15) is 23.9 Å². The molecule has 2 aromatic carbocycles. The number of rotatable bonds is 6. The zero-order valence-electron chi connectivity index (χ0n) is 18.2. The third-order valence-corrected chi connectivity index (χ3v) is 5.48. The van der Waals surface area contributed by atoms with Crippen LogP contribution in [-0.4, -0.2) is 20.2 Å². The molecule has 0 radical (unpaired) electrons. The standard InChI is InChI=1S/C24H21F2N3O4/c1-12-9-20(32-11-21-28-24(31)33-29-21)22(26)14(3)17(12)10-15-7-8-19(30)23(27-15)16-5-4-6-18(25)13(16)2/h4-9,30H,10-11H2,1-3H3,(H,28,29,31). The predicted molar refractivity (Wildman–Crippen MR) is 116 cm³/mol. The van der Waals surface area contributed by atoms with Crippen molar-refractivity contribution >= 4 is 0 Å². The summed E-state index contributed by atoms with van der Waals surface area (Å²) in [6.07, 6.45) is 0.299. The number of aryl methyl sites for hydroxylation is 1. The van der Waals surface area contributed by atoms with Crippen molar-refractivity contribution in [3.05, 3.63) is 92.4 Å². The normalized spacial score (nSPS) is 11.1. The number of nitrogens with zero attached hydrogens (tertiary/aromatic N) is 2. The molecule has 2 N–H and O–H groups in total. The van der Waals surface area contributed by atoms with E-state index < -0.39 is 17.4 Å². The van der Waals surface area contributed by atoms with Gasteiger partial charge in [0.05, 0.1) is 0 Å². The fourth-order valence-electron chi connectivity index (χ4n) is 3.64. The molecule has 0 aliphatic heterocycles. The molecule has 4 aromatic rings. The minimum absolute atomic E-state index is 0.0207. The first-order valence-corrected chi connectivity index (χ1v) is 10.1. The summed E-state index contributed by atoms with van der Waals surface area (Å²) >= 11 is 0. The van der Waals surface area contributed by atoms with Gasteiger partial charge in [0.25, 0.3) is 0 Å². The van der Waals surface area contributed by atoms with Crippen molar-refractivity contribution in [3.8, 4) is 22.8 Å². The summed E-state index contributed by atoms with van der Waals surface area (Å²) in [6.45, 7) is 4.93.